The zero-order chi connectivity index (χ0) is 27.6. The average Bonchev–Trinajstić information content (AvgIpc) is 3.64. The Morgan fingerprint density at radius 2 is 1.80 bits per heavy atom. The van der Waals surface area contributed by atoms with Gasteiger partial charge in [0.15, 0.2) is 0 Å². The van der Waals surface area contributed by atoms with E-state index in [0.717, 1.165) is 49.8 Å². The van der Waals surface area contributed by atoms with Gasteiger partial charge >= 0.3 is 0 Å². The van der Waals surface area contributed by atoms with Crippen molar-refractivity contribution in [3.63, 3.8) is 0 Å². The van der Waals surface area contributed by atoms with Crippen molar-refractivity contribution in [1.82, 2.24) is 19.8 Å². The summed E-state index contributed by atoms with van der Waals surface area (Å²) in [6, 6.07) is 16.1. The maximum atomic E-state index is 5.14. The lowest BCUT2D eigenvalue weighted by atomic mass is 9.96. The van der Waals surface area contributed by atoms with Gasteiger partial charge in [-0.25, -0.2) is 9.98 Å². The summed E-state index contributed by atoms with van der Waals surface area (Å²) in [5.74, 6) is 1.84. The van der Waals surface area contributed by atoms with E-state index in [0.29, 0.717) is 18.8 Å². The summed E-state index contributed by atoms with van der Waals surface area (Å²) in [5, 5.41) is 9.69. The molecular formula is C33H47N7. The van der Waals surface area contributed by atoms with Gasteiger partial charge in [-0.15, -0.1) is 0 Å². The number of rotatable bonds is 11. The number of hydrogen-bond donors (Lipinski definition) is 2. The van der Waals surface area contributed by atoms with Crippen molar-refractivity contribution in [2.75, 3.05) is 18.5 Å². The largest absolute Gasteiger partial charge is 0.317 e. The molecule has 2 aliphatic rings. The zero-order valence-corrected chi connectivity index (χ0v) is 24.5. The van der Waals surface area contributed by atoms with Crippen molar-refractivity contribution in [3.8, 4) is 0 Å². The highest BCUT2D eigenvalue weighted by Crippen LogP contribution is 2.33. The van der Waals surface area contributed by atoms with Crippen molar-refractivity contribution in [1.29, 1.82) is 0 Å². The number of anilines is 1. The van der Waals surface area contributed by atoms with E-state index in [-0.39, 0.29) is 0 Å². The SMILES string of the molecule is CCCCN(C/N=C/NC(=NC1CCCCC1)Nc1c(C)ncn1C1CCCC1)Cc1cccc2ccccc12. The minimum absolute atomic E-state index is 0.354. The Labute approximate surface area is 240 Å². The highest BCUT2D eigenvalue weighted by atomic mass is 15.3. The molecule has 2 N–H and O–H groups in total. The van der Waals surface area contributed by atoms with E-state index in [1.807, 2.05) is 12.7 Å². The van der Waals surface area contributed by atoms with Crippen LogP contribution in [0.25, 0.3) is 10.8 Å². The Kier molecular flexibility index (Phi) is 10.2. The Balaban J connectivity index is 1.28. The predicted octanol–water partition coefficient (Wildman–Crippen LogP) is 7.44. The first-order valence-corrected chi connectivity index (χ1v) is 15.5. The number of aromatic nitrogens is 2. The van der Waals surface area contributed by atoms with Crippen LogP contribution in [0.2, 0.25) is 0 Å². The number of fused-ring (bicyclic) bond motifs is 1. The van der Waals surface area contributed by atoms with Gasteiger partial charge in [-0.2, -0.15) is 0 Å². The molecule has 0 unspecified atom stereocenters. The van der Waals surface area contributed by atoms with Gasteiger partial charge in [-0.3, -0.25) is 9.89 Å². The molecule has 40 heavy (non-hydrogen) atoms. The van der Waals surface area contributed by atoms with Crippen LogP contribution in [0.15, 0.2) is 58.8 Å². The van der Waals surface area contributed by atoms with Crippen molar-refractivity contribution in [2.24, 2.45) is 9.98 Å². The topological polar surface area (TPSA) is 69.8 Å². The Morgan fingerprint density at radius 1 is 1.02 bits per heavy atom. The van der Waals surface area contributed by atoms with Gasteiger partial charge in [0.1, 0.15) is 5.82 Å². The quantitative estimate of drug-likeness (QED) is 0.196. The van der Waals surface area contributed by atoms with Gasteiger partial charge in [0.2, 0.25) is 5.96 Å². The van der Waals surface area contributed by atoms with E-state index < -0.39 is 0 Å². The minimum Gasteiger partial charge on any atom is -0.317 e. The number of hydrogen-bond acceptors (Lipinski definition) is 4. The van der Waals surface area contributed by atoms with Crippen molar-refractivity contribution < 1.29 is 0 Å². The van der Waals surface area contributed by atoms with Crippen LogP contribution in [-0.4, -0.2) is 46.0 Å². The Morgan fingerprint density at radius 3 is 2.62 bits per heavy atom. The molecule has 2 aliphatic carbocycles. The van der Waals surface area contributed by atoms with Crippen LogP contribution < -0.4 is 10.6 Å². The van der Waals surface area contributed by atoms with Crippen molar-refractivity contribution >= 4 is 28.9 Å². The second-order valence-electron chi connectivity index (χ2n) is 11.6. The molecule has 0 saturated heterocycles. The van der Waals surface area contributed by atoms with Gasteiger partial charge < -0.3 is 15.2 Å². The monoisotopic (exact) mass is 541 g/mol. The number of nitrogens with zero attached hydrogens (tertiary/aromatic N) is 5. The molecule has 2 aromatic carbocycles. The van der Waals surface area contributed by atoms with E-state index in [9.17, 15) is 0 Å². The standard InChI is InChI=1S/C33H47N7/c1-3-4-21-39(22-28-15-12-14-27-13-8-11-20-31(27)28)24-34-23-35-33(37-29-16-6-5-7-17-29)38-32-26(2)36-25-40(32)30-18-9-10-19-30/h8,11-15,20,23,25,29-30H,3-7,9-10,16-19,21-22,24H2,1-2H3,(H2,34,35,37,38). The number of unbranched alkanes of at least 4 members (excludes halogenated alkanes) is 1. The third-order valence-corrected chi connectivity index (χ3v) is 8.49. The summed E-state index contributed by atoms with van der Waals surface area (Å²) in [6.07, 6.45) is 17.3. The second kappa shape index (κ2) is 14.4. The summed E-state index contributed by atoms with van der Waals surface area (Å²) >= 11 is 0. The second-order valence-corrected chi connectivity index (χ2v) is 11.6. The zero-order valence-electron chi connectivity index (χ0n) is 24.5. The van der Waals surface area contributed by atoms with Crippen LogP contribution in [0.1, 0.15) is 94.9 Å². The molecule has 7 nitrogen and oxygen atoms in total. The summed E-state index contributed by atoms with van der Waals surface area (Å²) in [5.41, 5.74) is 2.37. The van der Waals surface area contributed by atoms with E-state index in [1.165, 1.54) is 67.7 Å². The fourth-order valence-electron chi connectivity index (χ4n) is 6.20. The Bertz CT molecular complexity index is 1260. The summed E-state index contributed by atoms with van der Waals surface area (Å²) in [6.45, 7) is 6.89. The maximum absolute atomic E-state index is 5.14. The maximum Gasteiger partial charge on any atom is 0.202 e. The van der Waals surface area contributed by atoms with Crippen LogP contribution in [0.3, 0.4) is 0 Å². The van der Waals surface area contributed by atoms with Crippen LogP contribution in [0, 0.1) is 6.92 Å². The summed E-state index contributed by atoms with van der Waals surface area (Å²) in [4.78, 5) is 17.1. The molecule has 0 bridgehead atoms. The highest BCUT2D eigenvalue weighted by molar-refractivity contribution is 6.00. The van der Waals surface area contributed by atoms with E-state index >= 15 is 0 Å². The number of aliphatic imine (C=N–C) groups is 2. The molecule has 0 atom stereocenters. The van der Waals surface area contributed by atoms with Crippen LogP contribution in [0.4, 0.5) is 5.82 Å². The minimum atomic E-state index is 0.354. The van der Waals surface area contributed by atoms with E-state index in [2.05, 4.69) is 81.4 Å². The fraction of sp³-hybridized carbons (Fsp3) is 0.545. The normalized spacial score (nSPS) is 17.4. The number of nitrogens with one attached hydrogen (secondary N) is 2. The molecule has 0 spiro atoms. The number of aryl methyl sites for hydroxylation is 1. The molecule has 0 aliphatic heterocycles. The van der Waals surface area contributed by atoms with Gasteiger partial charge in [-0.05, 0) is 55.4 Å². The smallest absolute Gasteiger partial charge is 0.202 e. The van der Waals surface area contributed by atoms with Gasteiger partial charge in [0.05, 0.1) is 31.1 Å². The first-order chi connectivity index (χ1) is 19.7. The van der Waals surface area contributed by atoms with Crippen molar-refractivity contribution in [2.45, 2.75) is 103 Å². The predicted molar refractivity (Wildman–Crippen MR) is 168 cm³/mol. The number of benzene rings is 2. The van der Waals surface area contributed by atoms with Crippen LogP contribution in [0.5, 0.6) is 0 Å². The first-order valence-electron chi connectivity index (χ1n) is 15.5. The van der Waals surface area contributed by atoms with E-state index in [4.69, 9.17) is 9.98 Å². The summed E-state index contributed by atoms with van der Waals surface area (Å²) < 4.78 is 2.33. The van der Waals surface area contributed by atoms with Gasteiger partial charge in [0.25, 0.3) is 0 Å². The molecule has 3 aromatic rings. The van der Waals surface area contributed by atoms with Crippen LogP contribution >= 0.6 is 0 Å². The molecule has 214 valence electrons. The van der Waals surface area contributed by atoms with Crippen molar-refractivity contribution in [3.05, 3.63) is 60.0 Å². The summed E-state index contributed by atoms with van der Waals surface area (Å²) in [7, 11) is 0. The molecule has 2 saturated carbocycles. The Hall–Kier alpha value is -3.19. The molecule has 1 heterocycles. The lowest BCUT2D eigenvalue weighted by molar-refractivity contribution is 0.271. The molecule has 0 amide bonds. The first kappa shape index (κ1) is 28.3. The molecule has 7 heteroatoms. The fourth-order valence-corrected chi connectivity index (χ4v) is 6.20. The molecule has 5 rings (SSSR count). The third kappa shape index (κ3) is 7.51. The van der Waals surface area contributed by atoms with Crippen LogP contribution in [-0.2, 0) is 6.54 Å². The van der Waals surface area contributed by atoms with E-state index in [1.54, 1.807) is 0 Å². The lowest BCUT2D eigenvalue weighted by Gasteiger charge is -2.22. The van der Waals surface area contributed by atoms with Gasteiger partial charge in [0, 0.05) is 19.1 Å². The van der Waals surface area contributed by atoms with Gasteiger partial charge in [-0.1, -0.05) is 87.9 Å². The third-order valence-electron chi connectivity index (χ3n) is 8.49. The molecule has 0 radical (unpaired) electrons. The molecule has 2 fully saturated rings. The lowest BCUT2D eigenvalue weighted by Crippen LogP contribution is -2.33. The average molecular weight is 542 g/mol. The molecular weight excluding hydrogens is 494 g/mol. The molecule has 1 aromatic heterocycles. The number of imidazole rings is 1. The number of guanidine groups is 1. The highest BCUT2D eigenvalue weighted by Gasteiger charge is 2.22.